The molecule has 0 saturated carbocycles. The number of carbonyl (C=O) groups is 1. The van der Waals surface area contributed by atoms with Gasteiger partial charge >= 0.3 is 0 Å². The molecule has 1 atom stereocenters. The number of oxime groups is 1. The summed E-state index contributed by atoms with van der Waals surface area (Å²) in [6.45, 7) is 1.43. The van der Waals surface area contributed by atoms with Gasteiger partial charge < -0.3 is 9.25 Å². The molecule has 2 heterocycles. The van der Waals surface area contributed by atoms with Gasteiger partial charge in [0.25, 0.3) is 5.56 Å². The van der Waals surface area contributed by atoms with Crippen LogP contribution in [0.2, 0.25) is 0 Å². The molecule has 0 amide bonds. The van der Waals surface area contributed by atoms with E-state index in [-0.39, 0.29) is 24.4 Å². The molecule has 0 aliphatic rings. The number of ketones is 1. The number of rotatable bonds is 8. The molecule has 7 heteroatoms. The third-order valence-corrected chi connectivity index (χ3v) is 4.92. The molecule has 31 heavy (non-hydrogen) atoms. The Bertz CT molecular complexity index is 1260. The van der Waals surface area contributed by atoms with Gasteiger partial charge in [0.2, 0.25) is 0 Å². The molecule has 156 valence electrons. The molecule has 0 aliphatic carbocycles. The topological polar surface area (TPSA) is 86.7 Å². The van der Waals surface area contributed by atoms with Gasteiger partial charge in [-0.25, -0.2) is 4.98 Å². The number of aryl methyl sites for hydroxylation is 1. The van der Waals surface area contributed by atoms with E-state index in [1.54, 1.807) is 37.3 Å². The number of benzene rings is 2. The van der Waals surface area contributed by atoms with Crippen LogP contribution >= 0.6 is 0 Å². The molecule has 0 N–H and O–H groups in total. The van der Waals surface area contributed by atoms with Gasteiger partial charge in [0.15, 0.2) is 12.4 Å². The summed E-state index contributed by atoms with van der Waals surface area (Å²) in [6, 6.07) is 19.2. The highest BCUT2D eigenvalue weighted by atomic mass is 16.6. The van der Waals surface area contributed by atoms with Gasteiger partial charge in [-0.05, 0) is 36.8 Å². The smallest absolute Gasteiger partial charge is 0.262 e. The fourth-order valence-electron chi connectivity index (χ4n) is 3.43. The first-order valence-electron chi connectivity index (χ1n) is 9.87. The van der Waals surface area contributed by atoms with Crippen LogP contribution in [0.1, 0.15) is 23.2 Å². The van der Waals surface area contributed by atoms with Crippen molar-refractivity contribution >= 4 is 22.9 Å². The SMILES string of the molecule is Cc1nc2ccccc2c(=O)n1C(Cc1ccco1)C(=O)CON=Cc1ccccc1. The summed E-state index contributed by atoms with van der Waals surface area (Å²) in [6.07, 6.45) is 3.27. The van der Waals surface area contributed by atoms with E-state index in [0.717, 1.165) is 5.56 Å². The van der Waals surface area contributed by atoms with E-state index < -0.39 is 6.04 Å². The number of aromatic nitrogens is 2. The van der Waals surface area contributed by atoms with Gasteiger partial charge in [-0.1, -0.05) is 47.6 Å². The van der Waals surface area contributed by atoms with E-state index in [2.05, 4.69) is 10.1 Å². The minimum Gasteiger partial charge on any atom is -0.469 e. The number of Topliss-reactive ketones (excluding diaryl/α,β-unsaturated/α-hetero) is 1. The van der Waals surface area contributed by atoms with Crippen molar-refractivity contribution in [3.05, 3.63) is 100 Å². The maximum atomic E-state index is 13.2. The Labute approximate surface area is 178 Å². The molecule has 0 bridgehead atoms. The number of furan rings is 1. The van der Waals surface area contributed by atoms with Crippen molar-refractivity contribution in [1.29, 1.82) is 0 Å². The molecule has 1 unspecified atom stereocenters. The lowest BCUT2D eigenvalue weighted by molar-refractivity contribution is -0.127. The largest absolute Gasteiger partial charge is 0.469 e. The molecule has 0 aliphatic heterocycles. The van der Waals surface area contributed by atoms with E-state index in [1.165, 1.54) is 17.0 Å². The zero-order chi connectivity index (χ0) is 21.6. The van der Waals surface area contributed by atoms with Crippen LogP contribution in [-0.2, 0) is 16.1 Å². The molecular formula is C24H21N3O4. The van der Waals surface area contributed by atoms with Crippen LogP contribution in [0.3, 0.4) is 0 Å². The zero-order valence-corrected chi connectivity index (χ0v) is 17.0. The van der Waals surface area contributed by atoms with E-state index in [9.17, 15) is 9.59 Å². The van der Waals surface area contributed by atoms with Crippen LogP contribution in [0.15, 0.2) is 87.4 Å². The Kier molecular flexibility index (Phi) is 6.03. The highest BCUT2D eigenvalue weighted by molar-refractivity contribution is 5.85. The lowest BCUT2D eigenvalue weighted by Gasteiger charge is -2.20. The van der Waals surface area contributed by atoms with E-state index in [4.69, 9.17) is 9.25 Å². The summed E-state index contributed by atoms with van der Waals surface area (Å²) < 4.78 is 6.84. The summed E-state index contributed by atoms with van der Waals surface area (Å²) in [5.74, 6) is 0.732. The molecule has 0 fully saturated rings. The highest BCUT2D eigenvalue weighted by Gasteiger charge is 2.26. The first kappa shape index (κ1) is 20.3. The Morgan fingerprint density at radius 1 is 1.13 bits per heavy atom. The Morgan fingerprint density at radius 3 is 2.68 bits per heavy atom. The first-order chi connectivity index (χ1) is 15.1. The van der Waals surface area contributed by atoms with Crippen molar-refractivity contribution in [3.63, 3.8) is 0 Å². The second-order valence-corrected chi connectivity index (χ2v) is 7.04. The second kappa shape index (κ2) is 9.21. The third-order valence-electron chi connectivity index (χ3n) is 4.92. The first-order valence-corrected chi connectivity index (χ1v) is 9.87. The molecule has 4 rings (SSSR count). The molecule has 4 aromatic rings. The Hall–Kier alpha value is -4.00. The molecule has 0 spiro atoms. The van der Waals surface area contributed by atoms with Crippen LogP contribution in [-0.4, -0.2) is 28.2 Å². The Balaban J connectivity index is 1.62. The summed E-state index contributed by atoms with van der Waals surface area (Å²) in [5, 5.41) is 4.33. The maximum Gasteiger partial charge on any atom is 0.262 e. The molecule has 0 saturated heterocycles. The quantitative estimate of drug-likeness (QED) is 0.323. The van der Waals surface area contributed by atoms with Crippen LogP contribution in [0.4, 0.5) is 0 Å². The predicted octanol–water partition coefficient (Wildman–Crippen LogP) is 3.70. The van der Waals surface area contributed by atoms with Crippen LogP contribution in [0.25, 0.3) is 10.9 Å². The second-order valence-electron chi connectivity index (χ2n) is 7.04. The fourth-order valence-corrected chi connectivity index (χ4v) is 3.43. The normalized spacial score (nSPS) is 12.3. The molecule has 0 radical (unpaired) electrons. The van der Waals surface area contributed by atoms with Crippen LogP contribution < -0.4 is 5.56 Å². The highest BCUT2D eigenvalue weighted by Crippen LogP contribution is 2.18. The Morgan fingerprint density at radius 2 is 1.90 bits per heavy atom. The minimum atomic E-state index is -0.831. The summed E-state index contributed by atoms with van der Waals surface area (Å²) in [7, 11) is 0. The van der Waals surface area contributed by atoms with Gasteiger partial charge in [-0.2, -0.15) is 0 Å². The summed E-state index contributed by atoms with van der Waals surface area (Å²) in [5.41, 5.74) is 1.17. The average Bonchev–Trinajstić information content (AvgIpc) is 3.30. The van der Waals surface area contributed by atoms with E-state index in [0.29, 0.717) is 22.5 Å². The third kappa shape index (κ3) is 4.61. The minimum absolute atomic E-state index is 0.207. The van der Waals surface area contributed by atoms with E-state index >= 15 is 0 Å². The number of fused-ring (bicyclic) bond motifs is 1. The van der Waals surface area contributed by atoms with E-state index in [1.807, 2.05) is 36.4 Å². The fraction of sp³-hybridized carbons (Fsp3) is 0.167. The van der Waals surface area contributed by atoms with Gasteiger partial charge in [-0.15, -0.1) is 0 Å². The van der Waals surface area contributed by atoms with Crippen molar-refractivity contribution in [1.82, 2.24) is 9.55 Å². The van der Waals surface area contributed by atoms with Crippen molar-refractivity contribution < 1.29 is 14.0 Å². The van der Waals surface area contributed by atoms with Gasteiger partial charge in [-0.3, -0.25) is 14.2 Å². The van der Waals surface area contributed by atoms with Crippen molar-refractivity contribution in [2.45, 2.75) is 19.4 Å². The monoisotopic (exact) mass is 415 g/mol. The molecule has 7 nitrogen and oxygen atoms in total. The van der Waals surface area contributed by atoms with Gasteiger partial charge in [0.05, 0.1) is 23.4 Å². The number of para-hydroxylation sites is 1. The van der Waals surface area contributed by atoms with Gasteiger partial charge in [0, 0.05) is 6.42 Å². The van der Waals surface area contributed by atoms with Gasteiger partial charge in [0.1, 0.15) is 17.6 Å². The predicted molar refractivity (Wildman–Crippen MR) is 117 cm³/mol. The summed E-state index contributed by atoms with van der Waals surface area (Å²) in [4.78, 5) is 36.1. The molecular weight excluding hydrogens is 394 g/mol. The molecule has 2 aromatic heterocycles. The van der Waals surface area contributed by atoms with Crippen LogP contribution in [0, 0.1) is 6.92 Å². The lowest BCUT2D eigenvalue weighted by Crippen LogP contribution is -2.35. The van der Waals surface area contributed by atoms with Crippen molar-refractivity contribution in [2.24, 2.45) is 5.16 Å². The van der Waals surface area contributed by atoms with Crippen LogP contribution in [0.5, 0.6) is 0 Å². The summed E-state index contributed by atoms with van der Waals surface area (Å²) >= 11 is 0. The lowest BCUT2D eigenvalue weighted by atomic mass is 10.1. The molecule has 2 aromatic carbocycles. The number of nitrogens with zero attached hydrogens (tertiary/aromatic N) is 3. The number of carbonyl (C=O) groups excluding carboxylic acids is 1. The standard InChI is InChI=1S/C24H21N3O4/c1-17-26-21-12-6-5-11-20(21)24(29)27(17)22(14-19-10-7-13-30-19)23(28)16-31-25-15-18-8-3-2-4-9-18/h2-13,15,22H,14,16H2,1H3. The number of hydrogen-bond donors (Lipinski definition) is 0. The zero-order valence-electron chi connectivity index (χ0n) is 17.0. The maximum absolute atomic E-state index is 13.2. The number of hydrogen-bond acceptors (Lipinski definition) is 6. The van der Waals surface area contributed by atoms with Crippen molar-refractivity contribution in [3.8, 4) is 0 Å². The average molecular weight is 415 g/mol. The van der Waals surface area contributed by atoms with Crippen molar-refractivity contribution in [2.75, 3.05) is 6.61 Å².